The minimum Gasteiger partial charge on any atom is -0.481 e. The van der Waals surface area contributed by atoms with E-state index >= 15 is 0 Å². The summed E-state index contributed by atoms with van der Waals surface area (Å²) in [7, 11) is 0. The topological polar surface area (TPSA) is 105 Å². The number of allylic oxidation sites excluding steroid dienone is 1. The number of rotatable bonds is 5. The highest BCUT2D eigenvalue weighted by atomic mass is 16.5. The fraction of sp³-hybridized carbons (Fsp3) is 0.240. The summed E-state index contributed by atoms with van der Waals surface area (Å²) in [5, 5.41) is 15.5. The number of carboxylic acid groups (broad SMARTS) is 1. The molecule has 2 aromatic carbocycles. The number of aliphatic carboxylic acids is 1. The van der Waals surface area contributed by atoms with E-state index < -0.39 is 5.97 Å². The second-order valence-corrected chi connectivity index (χ2v) is 8.50. The number of hydrogen-bond donors (Lipinski definition) is 1. The Morgan fingerprint density at radius 1 is 1.12 bits per heavy atom. The number of carboxylic acids is 1. The van der Waals surface area contributed by atoms with E-state index in [1.807, 2.05) is 30.3 Å². The standard InChI is InChI=1S/C25H21N5O3/c31-25(32)16-13-30(14-16)12-15-9-10-19(18-6-2-1-5-17(15)18)23-28-24(33-29-23)22-11-26-20-7-3-4-8-21(20)27-22/h1-2,4-6,8-11,16H,3,7,12-14H2,(H,31,32). The van der Waals surface area contributed by atoms with Crippen LogP contribution in [0.1, 0.15) is 23.4 Å². The summed E-state index contributed by atoms with van der Waals surface area (Å²) >= 11 is 0. The molecule has 1 aliphatic carbocycles. The summed E-state index contributed by atoms with van der Waals surface area (Å²) < 4.78 is 5.55. The third kappa shape index (κ3) is 3.58. The van der Waals surface area contributed by atoms with Crippen LogP contribution in [0.4, 0.5) is 0 Å². The van der Waals surface area contributed by atoms with Crippen molar-refractivity contribution >= 4 is 22.8 Å². The number of likely N-dealkylation sites (tertiary alicyclic amines) is 1. The first-order valence-electron chi connectivity index (χ1n) is 11.0. The Bertz CT molecular complexity index is 1400. The highest BCUT2D eigenvalue weighted by molar-refractivity contribution is 5.97. The van der Waals surface area contributed by atoms with Crippen molar-refractivity contribution in [2.45, 2.75) is 19.4 Å². The number of aryl methyl sites for hydroxylation is 1. The Labute approximate surface area is 189 Å². The van der Waals surface area contributed by atoms with Crippen molar-refractivity contribution in [3.05, 3.63) is 65.6 Å². The highest BCUT2D eigenvalue weighted by Gasteiger charge is 2.32. The third-order valence-electron chi connectivity index (χ3n) is 6.30. The van der Waals surface area contributed by atoms with Gasteiger partial charge in [-0.15, -0.1) is 0 Å². The van der Waals surface area contributed by atoms with Crippen molar-refractivity contribution in [1.29, 1.82) is 0 Å². The lowest BCUT2D eigenvalue weighted by molar-refractivity contribution is -0.147. The molecule has 0 saturated carbocycles. The minimum absolute atomic E-state index is 0.268. The van der Waals surface area contributed by atoms with Crippen LogP contribution in [0.3, 0.4) is 0 Å². The molecule has 33 heavy (non-hydrogen) atoms. The molecule has 0 radical (unpaired) electrons. The van der Waals surface area contributed by atoms with Crippen molar-refractivity contribution in [2.75, 3.05) is 13.1 Å². The molecule has 2 aromatic heterocycles. The molecule has 8 nitrogen and oxygen atoms in total. The molecule has 4 aromatic rings. The summed E-state index contributed by atoms with van der Waals surface area (Å²) in [4.78, 5) is 27.0. The first kappa shape index (κ1) is 19.8. The maximum absolute atomic E-state index is 11.1. The second-order valence-electron chi connectivity index (χ2n) is 8.50. The van der Waals surface area contributed by atoms with E-state index in [4.69, 9.17) is 9.63 Å². The zero-order chi connectivity index (χ0) is 22.4. The maximum Gasteiger partial charge on any atom is 0.309 e. The molecule has 3 heterocycles. The Balaban J connectivity index is 1.31. The van der Waals surface area contributed by atoms with E-state index in [1.165, 1.54) is 0 Å². The lowest BCUT2D eigenvalue weighted by atomic mass is 9.95. The van der Waals surface area contributed by atoms with Crippen LogP contribution in [0.5, 0.6) is 0 Å². The molecule has 0 spiro atoms. The molecule has 0 unspecified atom stereocenters. The molecule has 8 heteroatoms. The smallest absolute Gasteiger partial charge is 0.309 e. The Hall–Kier alpha value is -3.91. The maximum atomic E-state index is 11.1. The lowest BCUT2D eigenvalue weighted by Crippen LogP contribution is -2.49. The van der Waals surface area contributed by atoms with Gasteiger partial charge in [-0.1, -0.05) is 47.6 Å². The Morgan fingerprint density at radius 3 is 2.82 bits per heavy atom. The number of nitrogens with zero attached hydrogens (tertiary/aromatic N) is 5. The van der Waals surface area contributed by atoms with Crippen LogP contribution in [0.15, 0.2) is 53.2 Å². The number of hydrogen-bond acceptors (Lipinski definition) is 7. The van der Waals surface area contributed by atoms with Gasteiger partial charge < -0.3 is 9.63 Å². The van der Waals surface area contributed by atoms with Crippen molar-refractivity contribution in [3.8, 4) is 23.0 Å². The molecule has 164 valence electrons. The summed E-state index contributed by atoms with van der Waals surface area (Å²) in [6, 6.07) is 12.2. The van der Waals surface area contributed by atoms with E-state index in [0.29, 0.717) is 37.0 Å². The zero-order valence-corrected chi connectivity index (χ0v) is 17.8. The van der Waals surface area contributed by atoms with Gasteiger partial charge in [0, 0.05) is 25.2 Å². The van der Waals surface area contributed by atoms with Crippen LogP contribution in [-0.4, -0.2) is 49.2 Å². The van der Waals surface area contributed by atoms with Gasteiger partial charge in [0.15, 0.2) is 0 Å². The molecule has 0 atom stereocenters. The van der Waals surface area contributed by atoms with Crippen LogP contribution in [0.25, 0.3) is 39.8 Å². The predicted octanol–water partition coefficient (Wildman–Crippen LogP) is 3.82. The molecule has 6 rings (SSSR count). The fourth-order valence-corrected chi connectivity index (χ4v) is 4.50. The normalized spacial score (nSPS) is 16.0. The lowest BCUT2D eigenvalue weighted by Gasteiger charge is -2.36. The number of carbonyl (C=O) groups is 1. The highest BCUT2D eigenvalue weighted by Crippen LogP contribution is 2.32. The van der Waals surface area contributed by atoms with Gasteiger partial charge in [-0.25, -0.2) is 4.98 Å². The molecule has 0 bridgehead atoms. The van der Waals surface area contributed by atoms with Crippen LogP contribution >= 0.6 is 0 Å². The third-order valence-corrected chi connectivity index (χ3v) is 6.30. The van der Waals surface area contributed by atoms with E-state index in [-0.39, 0.29) is 5.92 Å². The van der Waals surface area contributed by atoms with Crippen LogP contribution in [-0.2, 0) is 17.8 Å². The quantitative estimate of drug-likeness (QED) is 0.500. The SMILES string of the molecule is O=C(O)C1CN(Cc2ccc(-c3noc(-c4cnc5c(n4)C=CCC5)n3)c3ccccc23)C1. The van der Waals surface area contributed by atoms with E-state index in [0.717, 1.165) is 46.1 Å². The van der Waals surface area contributed by atoms with Gasteiger partial charge in [0.05, 0.1) is 23.5 Å². The second kappa shape index (κ2) is 7.90. The van der Waals surface area contributed by atoms with Gasteiger partial charge in [-0.05, 0) is 35.3 Å². The van der Waals surface area contributed by atoms with E-state index in [1.54, 1.807) is 6.20 Å². The molecule has 1 aliphatic heterocycles. The molecular weight excluding hydrogens is 418 g/mol. The van der Waals surface area contributed by atoms with Gasteiger partial charge in [0.25, 0.3) is 5.89 Å². The average molecular weight is 439 g/mol. The van der Waals surface area contributed by atoms with Crippen LogP contribution in [0, 0.1) is 5.92 Å². The molecule has 1 N–H and O–H groups in total. The number of aromatic nitrogens is 4. The summed E-state index contributed by atoms with van der Waals surface area (Å²) in [6.45, 7) is 1.87. The van der Waals surface area contributed by atoms with Crippen molar-refractivity contribution in [1.82, 2.24) is 25.0 Å². The molecule has 2 aliphatic rings. The fourth-order valence-electron chi connectivity index (χ4n) is 4.50. The Kier molecular flexibility index (Phi) is 4.73. The zero-order valence-electron chi connectivity index (χ0n) is 17.8. The average Bonchev–Trinajstić information content (AvgIpc) is 3.30. The van der Waals surface area contributed by atoms with Gasteiger partial charge in [-0.3, -0.25) is 14.7 Å². The first-order chi connectivity index (χ1) is 16.2. The van der Waals surface area contributed by atoms with Gasteiger partial charge in [-0.2, -0.15) is 4.98 Å². The van der Waals surface area contributed by atoms with E-state index in [9.17, 15) is 4.79 Å². The van der Waals surface area contributed by atoms with Gasteiger partial charge in [0.1, 0.15) is 5.69 Å². The summed E-state index contributed by atoms with van der Waals surface area (Å²) in [6.07, 6.45) is 7.63. The van der Waals surface area contributed by atoms with Crippen LogP contribution < -0.4 is 0 Å². The first-order valence-corrected chi connectivity index (χ1v) is 11.0. The molecule has 1 fully saturated rings. The molecular formula is C25H21N5O3. The molecule has 0 amide bonds. The van der Waals surface area contributed by atoms with Gasteiger partial charge in [0.2, 0.25) is 5.82 Å². The monoisotopic (exact) mass is 439 g/mol. The summed E-state index contributed by atoms with van der Waals surface area (Å²) in [5.41, 5.74) is 4.42. The Morgan fingerprint density at radius 2 is 1.97 bits per heavy atom. The van der Waals surface area contributed by atoms with E-state index in [2.05, 4.69) is 43.2 Å². The van der Waals surface area contributed by atoms with Crippen molar-refractivity contribution < 1.29 is 14.4 Å². The number of benzene rings is 2. The minimum atomic E-state index is -0.723. The van der Waals surface area contributed by atoms with Gasteiger partial charge >= 0.3 is 5.97 Å². The largest absolute Gasteiger partial charge is 0.481 e. The van der Waals surface area contributed by atoms with Crippen molar-refractivity contribution in [2.24, 2.45) is 5.92 Å². The number of fused-ring (bicyclic) bond motifs is 2. The van der Waals surface area contributed by atoms with Crippen LogP contribution in [0.2, 0.25) is 0 Å². The molecule has 1 saturated heterocycles. The van der Waals surface area contributed by atoms with Crippen molar-refractivity contribution in [3.63, 3.8) is 0 Å². The summed E-state index contributed by atoms with van der Waals surface area (Å²) in [5.74, 6) is -0.153. The predicted molar refractivity (Wildman–Crippen MR) is 122 cm³/mol.